The normalized spacial score (nSPS) is 22.0. The van der Waals surface area contributed by atoms with Crippen molar-refractivity contribution in [3.8, 4) is 0 Å². The number of nitrogens with zero attached hydrogens (tertiary/aromatic N) is 9. The van der Waals surface area contributed by atoms with E-state index in [9.17, 15) is 0 Å². The van der Waals surface area contributed by atoms with Crippen molar-refractivity contribution in [1.29, 1.82) is 0 Å². The Kier molecular flexibility index (Phi) is 3.37. The summed E-state index contributed by atoms with van der Waals surface area (Å²) in [6, 6.07) is -0.128. The lowest BCUT2D eigenvalue weighted by Gasteiger charge is -2.55. The molecule has 6 rings (SSSR count). The molecule has 1 N–H and O–H groups in total. The first-order valence-corrected chi connectivity index (χ1v) is 10.1. The quantitative estimate of drug-likeness (QED) is 0.684. The van der Waals surface area contributed by atoms with Gasteiger partial charge >= 0.3 is 0 Å². The van der Waals surface area contributed by atoms with E-state index in [1.165, 1.54) is 0 Å². The van der Waals surface area contributed by atoms with Crippen molar-refractivity contribution in [2.45, 2.75) is 45.1 Å². The van der Waals surface area contributed by atoms with E-state index in [1.54, 1.807) is 4.80 Å². The third kappa shape index (κ3) is 2.70. The monoisotopic (exact) mass is 396 g/mol. The van der Waals surface area contributed by atoms with Gasteiger partial charge < -0.3 is 9.64 Å². The highest BCUT2D eigenvalue weighted by molar-refractivity contribution is 5.83. The van der Waals surface area contributed by atoms with Crippen LogP contribution in [0.25, 0.3) is 11.2 Å². The van der Waals surface area contributed by atoms with E-state index in [-0.39, 0.29) is 16.9 Å². The summed E-state index contributed by atoms with van der Waals surface area (Å²) in [5.74, 6) is 2.69. The van der Waals surface area contributed by atoms with Crippen LogP contribution in [0.5, 0.6) is 0 Å². The zero-order valence-corrected chi connectivity index (χ0v) is 16.8. The van der Waals surface area contributed by atoms with E-state index in [4.69, 9.17) is 24.9 Å². The number of hydrogen-bond acceptors (Lipinski definition) is 9. The van der Waals surface area contributed by atoms with E-state index in [1.807, 2.05) is 0 Å². The number of rotatable bonds is 4. The van der Waals surface area contributed by atoms with Crippen LogP contribution in [0, 0.1) is 11.3 Å². The van der Waals surface area contributed by atoms with Crippen LogP contribution in [-0.2, 0) is 10.2 Å². The molecule has 11 nitrogen and oxygen atoms in total. The number of fused-ring (bicyclic) bond motifs is 1. The molecule has 1 atom stereocenters. The fraction of sp³-hybridized carbons (Fsp3) is 0.722. The number of tetrazole rings is 1. The van der Waals surface area contributed by atoms with Crippen molar-refractivity contribution >= 4 is 17.0 Å². The fourth-order valence-electron chi connectivity index (χ4n) is 4.19. The molecule has 1 saturated carbocycles. The molecule has 1 aliphatic carbocycles. The molecule has 1 spiro atoms. The Labute approximate surface area is 167 Å². The minimum absolute atomic E-state index is 0.128. The Hall–Kier alpha value is -2.69. The van der Waals surface area contributed by atoms with Crippen molar-refractivity contribution in [2.75, 3.05) is 31.2 Å². The summed E-state index contributed by atoms with van der Waals surface area (Å²) in [5.41, 5.74) is 1.47. The van der Waals surface area contributed by atoms with Gasteiger partial charge in [0.05, 0.1) is 18.6 Å². The zero-order chi connectivity index (χ0) is 19.8. The third-order valence-corrected chi connectivity index (χ3v) is 6.03. The van der Waals surface area contributed by atoms with Crippen molar-refractivity contribution in [3.63, 3.8) is 0 Å². The minimum atomic E-state index is -0.182. The van der Waals surface area contributed by atoms with E-state index in [2.05, 4.69) is 46.3 Å². The highest BCUT2D eigenvalue weighted by Crippen LogP contribution is 2.43. The predicted octanol–water partition coefficient (Wildman–Crippen LogP) is 0.868. The van der Waals surface area contributed by atoms with Crippen molar-refractivity contribution in [1.82, 2.24) is 45.6 Å². The van der Waals surface area contributed by atoms with Crippen molar-refractivity contribution in [2.24, 2.45) is 11.3 Å². The number of H-pyrrole nitrogens is 1. The number of aromatic amines is 1. The van der Waals surface area contributed by atoms with E-state index in [0.717, 1.165) is 56.3 Å². The van der Waals surface area contributed by atoms with Gasteiger partial charge in [-0.3, -0.25) is 0 Å². The van der Waals surface area contributed by atoms with Gasteiger partial charge in [-0.15, -0.1) is 20.4 Å². The summed E-state index contributed by atoms with van der Waals surface area (Å²) in [4.78, 5) is 13.7. The van der Waals surface area contributed by atoms with E-state index in [0.29, 0.717) is 17.4 Å². The lowest BCUT2D eigenvalue weighted by molar-refractivity contribution is -0.127. The van der Waals surface area contributed by atoms with Crippen LogP contribution in [0.3, 0.4) is 0 Å². The number of hydrogen-bond donors (Lipinski definition) is 1. The zero-order valence-electron chi connectivity index (χ0n) is 16.8. The van der Waals surface area contributed by atoms with Gasteiger partial charge in [-0.1, -0.05) is 26.0 Å². The van der Waals surface area contributed by atoms with Crippen LogP contribution in [0.1, 0.15) is 51.3 Å². The summed E-state index contributed by atoms with van der Waals surface area (Å²) in [6.45, 7) is 9.89. The second-order valence-corrected chi connectivity index (χ2v) is 9.71. The standard InChI is InChI=1S/C18H24N10O/c1-17(2,3)16-19-13-11(15(20-16)27-6-18(7-27)8-29-9-18)23-28(24-13)12(10-4-5-10)14-21-25-26-22-14/h10,12H,4-9H2,1-3H3,(H,21,22,25,26). The van der Waals surface area contributed by atoms with Gasteiger partial charge in [-0.05, 0) is 18.8 Å². The SMILES string of the molecule is CC(C)(C)c1nc(N2CC3(COC3)C2)c2nn(C(c3nn[nH]n3)C3CC3)nc2n1. The maximum absolute atomic E-state index is 5.43. The average Bonchev–Trinajstić information content (AvgIpc) is 3.11. The molecular weight excluding hydrogens is 372 g/mol. The molecule has 5 heterocycles. The molecule has 29 heavy (non-hydrogen) atoms. The maximum Gasteiger partial charge on any atom is 0.207 e. The van der Waals surface area contributed by atoms with Gasteiger partial charge in [0.25, 0.3) is 0 Å². The van der Waals surface area contributed by atoms with Gasteiger partial charge in [-0.2, -0.15) is 10.0 Å². The van der Waals surface area contributed by atoms with Gasteiger partial charge in [0.1, 0.15) is 11.9 Å². The van der Waals surface area contributed by atoms with Crippen LogP contribution in [0.15, 0.2) is 0 Å². The van der Waals surface area contributed by atoms with Crippen LogP contribution < -0.4 is 4.90 Å². The summed E-state index contributed by atoms with van der Waals surface area (Å²) < 4.78 is 5.43. The molecule has 3 fully saturated rings. The van der Waals surface area contributed by atoms with Crippen LogP contribution >= 0.6 is 0 Å². The lowest BCUT2D eigenvalue weighted by Crippen LogP contribution is -2.66. The third-order valence-electron chi connectivity index (χ3n) is 6.03. The van der Waals surface area contributed by atoms with Crippen LogP contribution in [-0.4, -0.2) is 71.9 Å². The lowest BCUT2D eigenvalue weighted by atomic mass is 9.78. The van der Waals surface area contributed by atoms with E-state index >= 15 is 0 Å². The molecule has 152 valence electrons. The first-order valence-electron chi connectivity index (χ1n) is 10.1. The topological polar surface area (TPSA) is 123 Å². The molecule has 0 radical (unpaired) electrons. The number of aromatic nitrogens is 9. The number of nitrogens with one attached hydrogen (secondary N) is 1. The predicted molar refractivity (Wildman–Crippen MR) is 102 cm³/mol. The largest absolute Gasteiger partial charge is 0.380 e. The van der Waals surface area contributed by atoms with Crippen LogP contribution in [0.2, 0.25) is 0 Å². The Balaban J connectivity index is 1.45. The highest BCUT2D eigenvalue weighted by atomic mass is 16.5. The Morgan fingerprint density at radius 1 is 1.14 bits per heavy atom. The van der Waals surface area contributed by atoms with E-state index < -0.39 is 0 Å². The molecular formula is C18H24N10O. The maximum atomic E-state index is 5.43. The fourth-order valence-corrected chi connectivity index (χ4v) is 4.19. The first-order chi connectivity index (χ1) is 13.9. The smallest absolute Gasteiger partial charge is 0.207 e. The number of ether oxygens (including phenoxy) is 1. The molecule has 0 amide bonds. The summed E-state index contributed by atoms with van der Waals surface area (Å²) in [6.07, 6.45) is 2.22. The van der Waals surface area contributed by atoms with Gasteiger partial charge in [0.2, 0.25) is 11.5 Å². The van der Waals surface area contributed by atoms with Crippen molar-refractivity contribution in [3.05, 3.63) is 11.6 Å². The Bertz CT molecular complexity index is 1050. The molecule has 2 aliphatic heterocycles. The van der Waals surface area contributed by atoms with Gasteiger partial charge in [0.15, 0.2) is 11.3 Å². The molecule has 1 unspecified atom stereocenters. The highest BCUT2D eigenvalue weighted by Gasteiger charge is 2.50. The van der Waals surface area contributed by atoms with Crippen LogP contribution in [0.4, 0.5) is 5.82 Å². The Morgan fingerprint density at radius 2 is 1.93 bits per heavy atom. The molecule has 11 heteroatoms. The summed E-state index contributed by atoms with van der Waals surface area (Å²) >= 11 is 0. The summed E-state index contributed by atoms with van der Waals surface area (Å²) in [5, 5.41) is 24.3. The first kappa shape index (κ1) is 17.2. The second kappa shape index (κ2) is 5.68. The molecule has 3 aromatic rings. The number of anilines is 1. The Morgan fingerprint density at radius 3 is 2.52 bits per heavy atom. The summed E-state index contributed by atoms with van der Waals surface area (Å²) in [7, 11) is 0. The molecule has 0 aromatic carbocycles. The van der Waals surface area contributed by atoms with Gasteiger partial charge in [0, 0.05) is 18.5 Å². The molecule has 3 aliphatic rings. The molecule has 3 aromatic heterocycles. The second-order valence-electron chi connectivity index (χ2n) is 9.71. The molecule has 2 saturated heterocycles. The average molecular weight is 396 g/mol. The van der Waals surface area contributed by atoms with Crippen molar-refractivity contribution < 1.29 is 4.74 Å². The van der Waals surface area contributed by atoms with Gasteiger partial charge in [-0.25, -0.2) is 9.97 Å². The minimum Gasteiger partial charge on any atom is -0.380 e. The molecule has 0 bridgehead atoms.